The van der Waals surface area contributed by atoms with Crippen LogP contribution in [0.15, 0.2) is 46.0 Å². The maximum Gasteiger partial charge on any atom is 0.191 e. The minimum atomic E-state index is -0.473. The minimum Gasteiger partial charge on any atom is -0.469 e. The smallest absolute Gasteiger partial charge is 0.191 e. The first-order chi connectivity index (χ1) is 13.7. The molecule has 0 spiro atoms. The van der Waals surface area contributed by atoms with Crippen molar-refractivity contribution in [1.82, 2.24) is 15.5 Å². The molecule has 0 saturated carbocycles. The zero-order valence-corrected chi connectivity index (χ0v) is 15.8. The fourth-order valence-electron chi connectivity index (χ4n) is 2.92. The molecule has 1 aromatic carbocycles. The van der Waals surface area contributed by atoms with Crippen molar-refractivity contribution >= 4 is 5.96 Å². The van der Waals surface area contributed by atoms with Gasteiger partial charge >= 0.3 is 0 Å². The van der Waals surface area contributed by atoms with Gasteiger partial charge in [-0.1, -0.05) is 0 Å². The summed E-state index contributed by atoms with van der Waals surface area (Å²) in [5, 5.41) is 6.48. The fourth-order valence-corrected chi connectivity index (χ4v) is 2.92. The van der Waals surface area contributed by atoms with Gasteiger partial charge in [0.05, 0.1) is 26.0 Å². The van der Waals surface area contributed by atoms with E-state index in [9.17, 15) is 8.78 Å². The van der Waals surface area contributed by atoms with Crippen LogP contribution in [-0.2, 0) is 17.7 Å². The van der Waals surface area contributed by atoms with Crippen molar-refractivity contribution in [3.63, 3.8) is 0 Å². The number of ether oxygens (including phenoxy) is 1. The van der Waals surface area contributed by atoms with Crippen molar-refractivity contribution in [3.8, 4) is 0 Å². The van der Waals surface area contributed by atoms with Crippen LogP contribution in [0.5, 0.6) is 0 Å². The predicted octanol–water partition coefficient (Wildman–Crippen LogP) is 2.17. The molecule has 2 N–H and O–H groups in total. The number of furan rings is 1. The lowest BCUT2D eigenvalue weighted by atomic mass is 10.2. The van der Waals surface area contributed by atoms with Gasteiger partial charge in [0.15, 0.2) is 5.96 Å². The molecule has 2 heterocycles. The number of nitrogens with one attached hydrogen (secondary N) is 2. The molecule has 0 radical (unpaired) electrons. The molecule has 0 unspecified atom stereocenters. The molecule has 1 aliphatic rings. The normalized spacial score (nSPS) is 15.6. The summed E-state index contributed by atoms with van der Waals surface area (Å²) in [6.45, 7) is 5.54. The lowest BCUT2D eigenvalue weighted by Gasteiger charge is -2.26. The van der Waals surface area contributed by atoms with E-state index in [0.29, 0.717) is 25.5 Å². The summed E-state index contributed by atoms with van der Waals surface area (Å²) >= 11 is 0. The van der Waals surface area contributed by atoms with Crippen LogP contribution in [0.25, 0.3) is 0 Å². The summed E-state index contributed by atoms with van der Waals surface area (Å²) in [6, 6.07) is 7.15. The molecule has 152 valence electrons. The van der Waals surface area contributed by atoms with E-state index < -0.39 is 11.6 Å². The van der Waals surface area contributed by atoms with Crippen LogP contribution in [0, 0.1) is 11.6 Å². The van der Waals surface area contributed by atoms with Gasteiger partial charge in [-0.25, -0.2) is 13.8 Å². The highest BCUT2D eigenvalue weighted by molar-refractivity contribution is 5.79. The molecule has 1 saturated heterocycles. The third kappa shape index (κ3) is 6.61. The number of hydrogen-bond donors (Lipinski definition) is 2. The van der Waals surface area contributed by atoms with Crippen LogP contribution in [0.4, 0.5) is 8.78 Å². The summed E-state index contributed by atoms with van der Waals surface area (Å²) in [5.74, 6) is 0.493. The molecule has 1 aliphatic heterocycles. The molecule has 0 bridgehead atoms. The quantitative estimate of drug-likeness (QED) is 0.533. The van der Waals surface area contributed by atoms with Crippen LogP contribution in [0.2, 0.25) is 0 Å². The molecule has 6 nitrogen and oxygen atoms in total. The number of guanidine groups is 1. The number of hydrogen-bond acceptors (Lipinski definition) is 4. The molecule has 28 heavy (non-hydrogen) atoms. The Labute approximate surface area is 163 Å². The summed E-state index contributed by atoms with van der Waals surface area (Å²) in [5.41, 5.74) is 0.223. The van der Waals surface area contributed by atoms with Gasteiger partial charge in [-0.05, 0) is 30.3 Å². The summed E-state index contributed by atoms with van der Waals surface area (Å²) in [7, 11) is 0. The number of benzene rings is 1. The lowest BCUT2D eigenvalue weighted by molar-refractivity contribution is 0.0389. The van der Waals surface area contributed by atoms with Gasteiger partial charge in [-0.2, -0.15) is 0 Å². The van der Waals surface area contributed by atoms with Crippen LogP contribution in [-0.4, -0.2) is 56.8 Å². The molecule has 0 aliphatic carbocycles. The standard InChI is InChI=1S/C20H26F2N4O2/c21-17-3-4-19(22)16(14-17)15-25-20(23-6-5-18-2-1-11-28-18)24-7-8-26-9-12-27-13-10-26/h1-4,11,14H,5-10,12-13,15H2,(H2,23,24,25). The van der Waals surface area contributed by atoms with Crippen LogP contribution in [0.1, 0.15) is 11.3 Å². The summed E-state index contributed by atoms with van der Waals surface area (Å²) < 4.78 is 37.9. The molecule has 8 heteroatoms. The second-order valence-electron chi connectivity index (χ2n) is 6.54. The van der Waals surface area contributed by atoms with Gasteiger partial charge in [0.2, 0.25) is 0 Å². The van der Waals surface area contributed by atoms with Gasteiger partial charge in [-0.15, -0.1) is 0 Å². The SMILES string of the molecule is Fc1ccc(F)c(CN=C(NCCc2ccco2)NCCN2CCOCC2)c1. The van der Waals surface area contributed by atoms with Gasteiger partial charge in [0.1, 0.15) is 17.4 Å². The molecule has 3 rings (SSSR count). The molecule has 0 amide bonds. The van der Waals surface area contributed by atoms with Crippen molar-refractivity contribution in [1.29, 1.82) is 0 Å². The third-order valence-electron chi connectivity index (χ3n) is 4.48. The highest BCUT2D eigenvalue weighted by Gasteiger charge is 2.10. The number of aliphatic imine (C=N–C) groups is 1. The first-order valence-corrected chi connectivity index (χ1v) is 9.49. The van der Waals surface area contributed by atoms with E-state index in [1.807, 2.05) is 12.1 Å². The van der Waals surface area contributed by atoms with Crippen molar-refractivity contribution < 1.29 is 17.9 Å². The summed E-state index contributed by atoms with van der Waals surface area (Å²) in [4.78, 5) is 6.72. The Kier molecular flexibility index (Phi) is 7.81. The minimum absolute atomic E-state index is 0.0528. The zero-order valence-electron chi connectivity index (χ0n) is 15.8. The number of rotatable bonds is 8. The lowest BCUT2D eigenvalue weighted by Crippen LogP contribution is -2.44. The molecular weight excluding hydrogens is 366 g/mol. The van der Waals surface area contributed by atoms with E-state index in [-0.39, 0.29) is 12.1 Å². The van der Waals surface area contributed by atoms with E-state index in [0.717, 1.165) is 50.7 Å². The first kappa shape index (κ1) is 20.3. The monoisotopic (exact) mass is 392 g/mol. The Balaban J connectivity index is 1.54. The number of morpholine rings is 1. The largest absolute Gasteiger partial charge is 0.469 e. The van der Waals surface area contributed by atoms with Crippen LogP contribution < -0.4 is 10.6 Å². The van der Waals surface area contributed by atoms with Crippen molar-refractivity contribution in [3.05, 3.63) is 59.6 Å². The topological polar surface area (TPSA) is 62.0 Å². The van der Waals surface area contributed by atoms with Gasteiger partial charge in [0, 0.05) is 44.7 Å². The van der Waals surface area contributed by atoms with Crippen LogP contribution in [0.3, 0.4) is 0 Å². The van der Waals surface area contributed by atoms with Gasteiger partial charge in [0.25, 0.3) is 0 Å². The second-order valence-corrected chi connectivity index (χ2v) is 6.54. The average Bonchev–Trinajstić information content (AvgIpc) is 3.22. The molecule has 1 fully saturated rings. The molecule has 1 aromatic heterocycles. The summed E-state index contributed by atoms with van der Waals surface area (Å²) in [6.07, 6.45) is 2.34. The van der Waals surface area contributed by atoms with Crippen LogP contribution >= 0.6 is 0 Å². The second kappa shape index (κ2) is 10.8. The molecule has 2 aromatic rings. The number of nitrogens with zero attached hydrogens (tertiary/aromatic N) is 2. The van der Waals surface area contributed by atoms with E-state index in [2.05, 4.69) is 20.5 Å². The van der Waals surface area contributed by atoms with E-state index in [1.54, 1.807) is 6.26 Å². The van der Waals surface area contributed by atoms with Crippen molar-refractivity contribution in [2.45, 2.75) is 13.0 Å². The van der Waals surface area contributed by atoms with E-state index in [4.69, 9.17) is 9.15 Å². The fraction of sp³-hybridized carbons (Fsp3) is 0.450. The molecular formula is C20H26F2N4O2. The Morgan fingerprint density at radius 2 is 1.93 bits per heavy atom. The molecule has 0 atom stereocenters. The number of halogens is 2. The maximum absolute atomic E-state index is 13.8. The maximum atomic E-state index is 13.8. The van der Waals surface area contributed by atoms with E-state index >= 15 is 0 Å². The van der Waals surface area contributed by atoms with Gasteiger partial charge < -0.3 is 19.8 Å². The average molecular weight is 392 g/mol. The Morgan fingerprint density at radius 1 is 1.11 bits per heavy atom. The Bertz CT molecular complexity index is 747. The van der Waals surface area contributed by atoms with E-state index in [1.165, 1.54) is 6.07 Å². The Hall–Kier alpha value is -2.45. The predicted molar refractivity (Wildman–Crippen MR) is 103 cm³/mol. The van der Waals surface area contributed by atoms with Crippen molar-refractivity contribution in [2.75, 3.05) is 45.9 Å². The third-order valence-corrected chi connectivity index (χ3v) is 4.48. The first-order valence-electron chi connectivity index (χ1n) is 9.49. The zero-order chi connectivity index (χ0) is 19.6. The van der Waals surface area contributed by atoms with Gasteiger partial charge in [-0.3, -0.25) is 4.90 Å². The highest BCUT2D eigenvalue weighted by atomic mass is 19.1. The van der Waals surface area contributed by atoms with Crippen molar-refractivity contribution in [2.24, 2.45) is 4.99 Å². The Morgan fingerprint density at radius 3 is 2.71 bits per heavy atom. The highest BCUT2D eigenvalue weighted by Crippen LogP contribution is 2.10.